The molecule has 0 aliphatic carbocycles. The van der Waals surface area contributed by atoms with Gasteiger partial charge in [0.1, 0.15) is 5.69 Å². The summed E-state index contributed by atoms with van der Waals surface area (Å²) < 4.78 is 0.897. The normalized spacial score (nSPS) is 16.2. The van der Waals surface area contributed by atoms with E-state index in [9.17, 15) is 10.1 Å². The number of halogens is 1. The molecule has 1 saturated heterocycles. The number of nitro benzene ring substituents is 1. The van der Waals surface area contributed by atoms with Crippen molar-refractivity contribution in [2.24, 2.45) is 5.92 Å². The molecule has 0 saturated carbocycles. The zero-order valence-electron chi connectivity index (χ0n) is 12.5. The van der Waals surface area contributed by atoms with Crippen LogP contribution in [0.1, 0.15) is 26.7 Å². The number of rotatable bonds is 5. The lowest BCUT2D eigenvalue weighted by Gasteiger charge is -2.34. The molecule has 0 bridgehead atoms. The van der Waals surface area contributed by atoms with Gasteiger partial charge in [0.05, 0.1) is 4.92 Å². The fraction of sp³-hybridized carbons (Fsp3) is 0.600. The molecule has 116 valence electrons. The Kier molecular flexibility index (Phi) is 5.80. The molecule has 2 rings (SSSR count). The molecule has 1 aromatic carbocycles. The summed E-state index contributed by atoms with van der Waals surface area (Å²) in [6, 6.07) is 5.74. The number of anilines is 1. The van der Waals surface area contributed by atoms with Gasteiger partial charge in [0.25, 0.3) is 5.69 Å². The molecule has 0 unspecified atom stereocenters. The van der Waals surface area contributed by atoms with Crippen molar-refractivity contribution in [3.8, 4) is 0 Å². The van der Waals surface area contributed by atoms with Gasteiger partial charge >= 0.3 is 0 Å². The highest BCUT2D eigenvalue weighted by atomic mass is 127. The second-order valence-corrected chi connectivity index (χ2v) is 7.08. The topological polar surface area (TPSA) is 58.4 Å². The Balaban J connectivity index is 2.27. The van der Waals surface area contributed by atoms with E-state index in [1.54, 1.807) is 6.07 Å². The molecule has 5 nitrogen and oxygen atoms in total. The average molecular weight is 403 g/mol. The molecular formula is C15H22IN3O2. The molecule has 21 heavy (non-hydrogen) atoms. The third kappa shape index (κ3) is 4.29. The van der Waals surface area contributed by atoms with Crippen molar-refractivity contribution in [3.63, 3.8) is 0 Å². The van der Waals surface area contributed by atoms with Crippen LogP contribution in [0.4, 0.5) is 11.4 Å². The summed E-state index contributed by atoms with van der Waals surface area (Å²) in [6.45, 7) is 7.18. The third-order valence-corrected chi connectivity index (χ3v) is 4.65. The SMILES string of the molecule is CC(C)N(CC1CCNCC1)c1ccc(I)cc1[N+](=O)[O-]. The molecule has 0 atom stereocenters. The van der Waals surface area contributed by atoms with Gasteiger partial charge in [-0.25, -0.2) is 0 Å². The minimum Gasteiger partial charge on any atom is -0.363 e. The minimum absolute atomic E-state index is 0.213. The third-order valence-electron chi connectivity index (χ3n) is 3.98. The van der Waals surface area contributed by atoms with Crippen LogP contribution in [-0.4, -0.2) is 30.6 Å². The Labute approximate surface area is 139 Å². The van der Waals surface area contributed by atoms with E-state index in [0.717, 1.165) is 41.7 Å². The molecule has 6 heteroatoms. The molecule has 0 radical (unpaired) electrons. The number of piperidine rings is 1. The van der Waals surface area contributed by atoms with Crippen LogP contribution in [0.25, 0.3) is 0 Å². The van der Waals surface area contributed by atoms with Gasteiger partial charge in [-0.3, -0.25) is 10.1 Å². The van der Waals surface area contributed by atoms with E-state index in [-0.39, 0.29) is 16.7 Å². The van der Waals surface area contributed by atoms with E-state index in [1.807, 2.05) is 12.1 Å². The number of benzene rings is 1. The number of hydrogen-bond acceptors (Lipinski definition) is 4. The minimum atomic E-state index is -0.269. The highest BCUT2D eigenvalue weighted by Gasteiger charge is 2.25. The second kappa shape index (κ2) is 7.40. The Bertz CT molecular complexity index is 502. The first-order valence-electron chi connectivity index (χ1n) is 7.40. The van der Waals surface area contributed by atoms with Crippen molar-refractivity contribution in [2.75, 3.05) is 24.5 Å². The van der Waals surface area contributed by atoms with Crippen LogP contribution in [0.5, 0.6) is 0 Å². The van der Waals surface area contributed by atoms with E-state index in [0.29, 0.717) is 5.92 Å². The zero-order valence-corrected chi connectivity index (χ0v) is 14.7. The first kappa shape index (κ1) is 16.5. The van der Waals surface area contributed by atoms with Gasteiger partial charge in [0, 0.05) is 22.2 Å². The van der Waals surface area contributed by atoms with Gasteiger partial charge in [-0.15, -0.1) is 0 Å². The zero-order chi connectivity index (χ0) is 15.4. The van der Waals surface area contributed by atoms with Crippen molar-refractivity contribution >= 4 is 34.0 Å². The summed E-state index contributed by atoms with van der Waals surface area (Å²) in [4.78, 5) is 13.3. The monoisotopic (exact) mass is 403 g/mol. The number of hydrogen-bond donors (Lipinski definition) is 1. The van der Waals surface area contributed by atoms with Crippen molar-refractivity contribution in [1.29, 1.82) is 0 Å². The molecule has 0 amide bonds. The molecule has 1 aliphatic heterocycles. The molecule has 1 aromatic rings. The molecule has 0 aromatic heterocycles. The van der Waals surface area contributed by atoms with Gasteiger partial charge < -0.3 is 10.2 Å². The summed E-state index contributed by atoms with van der Waals surface area (Å²) in [7, 11) is 0. The van der Waals surface area contributed by atoms with Gasteiger partial charge in [0.15, 0.2) is 0 Å². The standard InChI is InChI=1S/C15H22IN3O2/c1-11(2)18(10-12-5-7-17-8-6-12)14-4-3-13(16)9-15(14)19(20)21/h3-4,9,11-12,17H,5-8,10H2,1-2H3. The van der Waals surface area contributed by atoms with Crippen LogP contribution in [0, 0.1) is 19.6 Å². The van der Waals surface area contributed by atoms with Crippen LogP contribution < -0.4 is 10.2 Å². The molecule has 1 N–H and O–H groups in total. The maximum Gasteiger partial charge on any atom is 0.293 e. The summed E-state index contributed by atoms with van der Waals surface area (Å²) in [5, 5.41) is 14.7. The van der Waals surface area contributed by atoms with Crippen LogP contribution >= 0.6 is 22.6 Å². The highest BCUT2D eigenvalue weighted by Crippen LogP contribution is 2.32. The smallest absolute Gasteiger partial charge is 0.293 e. The Hall–Kier alpha value is -0.890. The van der Waals surface area contributed by atoms with E-state index in [4.69, 9.17) is 0 Å². The lowest BCUT2D eigenvalue weighted by atomic mass is 9.96. The Morgan fingerprint density at radius 1 is 1.43 bits per heavy atom. The summed E-state index contributed by atoms with van der Waals surface area (Å²) in [5.41, 5.74) is 0.957. The van der Waals surface area contributed by atoms with Crippen LogP contribution in [0.3, 0.4) is 0 Å². The van der Waals surface area contributed by atoms with Gasteiger partial charge in [0.2, 0.25) is 0 Å². The molecule has 1 aliphatic rings. The predicted molar refractivity (Wildman–Crippen MR) is 93.9 cm³/mol. The average Bonchev–Trinajstić information content (AvgIpc) is 2.46. The Morgan fingerprint density at radius 3 is 2.67 bits per heavy atom. The van der Waals surface area contributed by atoms with E-state index >= 15 is 0 Å². The maximum absolute atomic E-state index is 11.4. The number of nitro groups is 1. The van der Waals surface area contributed by atoms with Crippen LogP contribution in [0.2, 0.25) is 0 Å². The largest absolute Gasteiger partial charge is 0.363 e. The van der Waals surface area contributed by atoms with E-state index in [2.05, 4.69) is 46.7 Å². The fourth-order valence-corrected chi connectivity index (χ4v) is 3.29. The summed E-state index contributed by atoms with van der Waals surface area (Å²) >= 11 is 2.12. The quantitative estimate of drug-likeness (QED) is 0.465. The van der Waals surface area contributed by atoms with Crippen LogP contribution in [0.15, 0.2) is 18.2 Å². The molecular weight excluding hydrogens is 381 g/mol. The first-order valence-corrected chi connectivity index (χ1v) is 8.48. The van der Waals surface area contributed by atoms with E-state index in [1.165, 1.54) is 0 Å². The van der Waals surface area contributed by atoms with Gasteiger partial charge in [-0.1, -0.05) is 0 Å². The predicted octanol–water partition coefficient (Wildman–Crippen LogP) is 3.41. The summed E-state index contributed by atoms with van der Waals surface area (Å²) in [5.74, 6) is 0.604. The Morgan fingerprint density at radius 2 is 2.10 bits per heavy atom. The second-order valence-electron chi connectivity index (χ2n) is 5.83. The van der Waals surface area contributed by atoms with Gasteiger partial charge in [-0.2, -0.15) is 0 Å². The number of nitrogens with zero attached hydrogens (tertiary/aromatic N) is 2. The van der Waals surface area contributed by atoms with E-state index < -0.39 is 0 Å². The van der Waals surface area contributed by atoms with Crippen LogP contribution in [-0.2, 0) is 0 Å². The summed E-state index contributed by atoms with van der Waals surface area (Å²) in [6.07, 6.45) is 2.28. The van der Waals surface area contributed by atoms with Gasteiger partial charge in [-0.05, 0) is 80.4 Å². The maximum atomic E-state index is 11.4. The molecule has 0 spiro atoms. The van der Waals surface area contributed by atoms with Crippen molar-refractivity contribution < 1.29 is 4.92 Å². The molecule has 1 fully saturated rings. The first-order chi connectivity index (χ1) is 9.99. The lowest BCUT2D eigenvalue weighted by Crippen LogP contribution is -2.39. The number of nitrogens with one attached hydrogen (secondary N) is 1. The highest BCUT2D eigenvalue weighted by molar-refractivity contribution is 14.1. The fourth-order valence-electron chi connectivity index (χ4n) is 2.82. The molecule has 1 heterocycles. The van der Waals surface area contributed by atoms with Crippen molar-refractivity contribution in [2.45, 2.75) is 32.7 Å². The van der Waals surface area contributed by atoms with Crippen molar-refractivity contribution in [3.05, 3.63) is 31.9 Å². The lowest BCUT2D eigenvalue weighted by molar-refractivity contribution is -0.384. The van der Waals surface area contributed by atoms with Crippen molar-refractivity contribution in [1.82, 2.24) is 5.32 Å².